The lowest BCUT2D eigenvalue weighted by Crippen LogP contribution is -2.22. The number of benzene rings is 1. The Hall–Kier alpha value is -1.45. The van der Waals surface area contributed by atoms with E-state index in [0.717, 1.165) is 11.2 Å². The highest BCUT2D eigenvalue weighted by atomic mass is 16.6. The molecule has 1 aliphatic heterocycles. The van der Waals surface area contributed by atoms with Crippen LogP contribution in [0.2, 0.25) is 0 Å². The van der Waals surface area contributed by atoms with E-state index >= 15 is 0 Å². The van der Waals surface area contributed by atoms with Gasteiger partial charge in [0.1, 0.15) is 6.10 Å². The summed E-state index contributed by atoms with van der Waals surface area (Å²) >= 11 is 0. The molecule has 88 valence electrons. The van der Waals surface area contributed by atoms with Gasteiger partial charge >= 0.3 is 0 Å². The number of aromatic nitrogens is 1. The first-order chi connectivity index (χ1) is 8.34. The zero-order valence-electron chi connectivity index (χ0n) is 9.85. The Morgan fingerprint density at radius 2 is 2.12 bits per heavy atom. The third-order valence-corrected chi connectivity index (χ3v) is 3.09. The van der Waals surface area contributed by atoms with Crippen molar-refractivity contribution in [3.05, 3.63) is 41.6 Å². The van der Waals surface area contributed by atoms with Gasteiger partial charge in [0.2, 0.25) is 0 Å². The third-order valence-electron chi connectivity index (χ3n) is 3.09. The summed E-state index contributed by atoms with van der Waals surface area (Å²) in [5.41, 5.74) is 3.23. The molecule has 3 heteroatoms. The van der Waals surface area contributed by atoms with Crippen LogP contribution in [0.3, 0.4) is 0 Å². The molecule has 0 bridgehead atoms. The van der Waals surface area contributed by atoms with Crippen molar-refractivity contribution in [2.24, 2.45) is 0 Å². The predicted octanol–water partition coefficient (Wildman–Crippen LogP) is 2.63. The van der Waals surface area contributed by atoms with E-state index in [2.05, 4.69) is 24.0 Å². The van der Waals surface area contributed by atoms with Crippen molar-refractivity contribution < 1.29 is 9.47 Å². The molecule has 0 amide bonds. The average Bonchev–Trinajstić information content (AvgIpc) is 2.40. The van der Waals surface area contributed by atoms with Gasteiger partial charge in [-0.3, -0.25) is 0 Å². The highest BCUT2D eigenvalue weighted by Crippen LogP contribution is 2.24. The van der Waals surface area contributed by atoms with Crippen molar-refractivity contribution in [1.82, 2.24) is 4.98 Å². The molecule has 17 heavy (non-hydrogen) atoms. The van der Waals surface area contributed by atoms with E-state index in [-0.39, 0.29) is 6.10 Å². The fourth-order valence-electron chi connectivity index (χ4n) is 2.20. The van der Waals surface area contributed by atoms with Gasteiger partial charge in [-0.25, -0.2) is 4.98 Å². The maximum absolute atomic E-state index is 5.68. The minimum atomic E-state index is -0.0212. The number of para-hydroxylation sites is 1. The lowest BCUT2D eigenvalue weighted by molar-refractivity contribution is -0.0916. The van der Waals surface area contributed by atoms with Crippen LogP contribution < -0.4 is 0 Å². The van der Waals surface area contributed by atoms with E-state index in [1.54, 1.807) is 0 Å². The van der Waals surface area contributed by atoms with Crippen LogP contribution in [0.4, 0.5) is 0 Å². The van der Waals surface area contributed by atoms with Gasteiger partial charge in [-0.2, -0.15) is 0 Å². The van der Waals surface area contributed by atoms with E-state index in [9.17, 15) is 0 Å². The zero-order chi connectivity index (χ0) is 11.7. The number of aryl methyl sites for hydroxylation is 1. The van der Waals surface area contributed by atoms with E-state index in [0.29, 0.717) is 19.8 Å². The Morgan fingerprint density at radius 1 is 1.24 bits per heavy atom. The molecule has 2 aromatic rings. The molecule has 1 fully saturated rings. The molecule has 3 nitrogen and oxygen atoms in total. The highest BCUT2D eigenvalue weighted by Gasteiger charge is 2.18. The van der Waals surface area contributed by atoms with Crippen LogP contribution in [0.15, 0.2) is 30.3 Å². The first-order valence-electron chi connectivity index (χ1n) is 5.90. The number of hydrogen-bond donors (Lipinski definition) is 0. The molecule has 1 atom stereocenters. The number of rotatable bonds is 1. The fraction of sp³-hybridized carbons (Fsp3) is 0.357. The molecule has 0 unspecified atom stereocenters. The first-order valence-corrected chi connectivity index (χ1v) is 5.90. The first kappa shape index (κ1) is 10.7. The number of ether oxygens (including phenoxy) is 2. The van der Waals surface area contributed by atoms with Gasteiger partial charge < -0.3 is 9.47 Å². The van der Waals surface area contributed by atoms with Gasteiger partial charge in [-0.05, 0) is 24.6 Å². The molecule has 2 heterocycles. The number of nitrogens with zero attached hydrogens (tertiary/aromatic N) is 1. The second kappa shape index (κ2) is 4.43. The summed E-state index contributed by atoms with van der Waals surface area (Å²) in [6.07, 6.45) is -0.0212. The van der Waals surface area contributed by atoms with Crippen molar-refractivity contribution in [2.45, 2.75) is 13.0 Å². The summed E-state index contributed by atoms with van der Waals surface area (Å²) in [6, 6.07) is 10.3. The molecule has 0 spiro atoms. The minimum absolute atomic E-state index is 0.0212. The summed E-state index contributed by atoms with van der Waals surface area (Å²) in [7, 11) is 0. The maximum atomic E-state index is 5.68. The van der Waals surface area contributed by atoms with Crippen LogP contribution in [0.25, 0.3) is 10.9 Å². The lowest BCUT2D eigenvalue weighted by atomic mass is 10.1. The lowest BCUT2D eigenvalue weighted by Gasteiger charge is -2.23. The minimum Gasteiger partial charge on any atom is -0.376 e. The standard InChI is InChI=1S/C14H15NO2/c1-10-8-13(14-9-16-6-7-17-14)15-12-5-3-2-4-11(10)12/h2-5,8,14H,6-7,9H2,1H3/t14-/m0/s1. The molecule has 3 rings (SSSR count). The van der Waals surface area contributed by atoms with Gasteiger partial charge in [0.25, 0.3) is 0 Å². The van der Waals surface area contributed by atoms with Gasteiger partial charge in [0.05, 0.1) is 31.0 Å². The number of pyridine rings is 1. The van der Waals surface area contributed by atoms with Crippen LogP contribution >= 0.6 is 0 Å². The molecule has 0 N–H and O–H groups in total. The van der Waals surface area contributed by atoms with Crippen LogP contribution in [-0.4, -0.2) is 24.8 Å². The van der Waals surface area contributed by atoms with E-state index in [1.165, 1.54) is 10.9 Å². The zero-order valence-corrected chi connectivity index (χ0v) is 9.85. The topological polar surface area (TPSA) is 31.4 Å². The molecular weight excluding hydrogens is 214 g/mol. The van der Waals surface area contributed by atoms with Crippen LogP contribution in [-0.2, 0) is 9.47 Å². The fourth-order valence-corrected chi connectivity index (χ4v) is 2.20. The molecule has 1 saturated heterocycles. The summed E-state index contributed by atoms with van der Waals surface area (Å²) < 4.78 is 11.1. The average molecular weight is 229 g/mol. The molecule has 1 aliphatic rings. The summed E-state index contributed by atoms with van der Waals surface area (Å²) in [6.45, 7) is 4.04. The summed E-state index contributed by atoms with van der Waals surface area (Å²) in [5, 5.41) is 1.20. The SMILES string of the molecule is Cc1cc([C@@H]2COCCO2)nc2ccccc12. The van der Waals surface area contributed by atoms with Gasteiger partial charge in [-0.1, -0.05) is 18.2 Å². The smallest absolute Gasteiger partial charge is 0.123 e. The predicted molar refractivity (Wildman–Crippen MR) is 66.0 cm³/mol. The van der Waals surface area contributed by atoms with Crippen LogP contribution in [0.1, 0.15) is 17.4 Å². The third kappa shape index (κ3) is 2.04. The van der Waals surface area contributed by atoms with Crippen molar-refractivity contribution in [2.75, 3.05) is 19.8 Å². The molecule has 0 aliphatic carbocycles. The normalized spacial score (nSPS) is 20.6. The van der Waals surface area contributed by atoms with Gasteiger partial charge in [-0.15, -0.1) is 0 Å². The molecule has 1 aromatic heterocycles. The largest absolute Gasteiger partial charge is 0.376 e. The van der Waals surface area contributed by atoms with Crippen molar-refractivity contribution in [3.63, 3.8) is 0 Å². The Labute approximate surface area is 100 Å². The van der Waals surface area contributed by atoms with Gasteiger partial charge in [0, 0.05) is 5.39 Å². The Kier molecular flexibility index (Phi) is 2.79. The van der Waals surface area contributed by atoms with E-state index in [1.807, 2.05) is 18.2 Å². The van der Waals surface area contributed by atoms with Crippen molar-refractivity contribution in [3.8, 4) is 0 Å². The Balaban J connectivity index is 2.05. The number of hydrogen-bond acceptors (Lipinski definition) is 3. The second-order valence-electron chi connectivity index (χ2n) is 4.32. The van der Waals surface area contributed by atoms with E-state index in [4.69, 9.17) is 9.47 Å². The Bertz CT molecular complexity index is 533. The quantitative estimate of drug-likeness (QED) is 0.753. The molecule has 0 saturated carbocycles. The Morgan fingerprint density at radius 3 is 2.94 bits per heavy atom. The van der Waals surface area contributed by atoms with Crippen LogP contribution in [0.5, 0.6) is 0 Å². The number of fused-ring (bicyclic) bond motifs is 1. The molecule has 0 radical (unpaired) electrons. The van der Waals surface area contributed by atoms with Crippen molar-refractivity contribution in [1.29, 1.82) is 0 Å². The molecule has 1 aromatic carbocycles. The molecular formula is C14H15NO2. The van der Waals surface area contributed by atoms with E-state index < -0.39 is 0 Å². The highest BCUT2D eigenvalue weighted by molar-refractivity contribution is 5.82. The van der Waals surface area contributed by atoms with Crippen LogP contribution in [0, 0.1) is 6.92 Å². The summed E-state index contributed by atoms with van der Waals surface area (Å²) in [4.78, 5) is 4.65. The maximum Gasteiger partial charge on any atom is 0.123 e. The van der Waals surface area contributed by atoms with Gasteiger partial charge in [0.15, 0.2) is 0 Å². The second-order valence-corrected chi connectivity index (χ2v) is 4.32. The monoisotopic (exact) mass is 229 g/mol. The summed E-state index contributed by atoms with van der Waals surface area (Å²) in [5.74, 6) is 0. The van der Waals surface area contributed by atoms with Crippen molar-refractivity contribution >= 4 is 10.9 Å².